The van der Waals surface area contributed by atoms with Gasteiger partial charge in [-0.1, -0.05) is 0 Å². The number of aromatic nitrogens is 2. The van der Waals surface area contributed by atoms with Gasteiger partial charge in [0.25, 0.3) is 5.91 Å². The monoisotopic (exact) mass is 317 g/mol. The van der Waals surface area contributed by atoms with Gasteiger partial charge in [0.2, 0.25) is 0 Å². The number of carbonyl (C=O) groups is 1. The molecule has 0 spiro atoms. The zero-order valence-corrected chi connectivity index (χ0v) is 14.5. The number of rotatable bonds is 2. The zero-order chi connectivity index (χ0) is 16.4. The smallest absolute Gasteiger partial charge is 0.272 e. The summed E-state index contributed by atoms with van der Waals surface area (Å²) in [7, 11) is 4.25. The Kier molecular flexibility index (Phi) is 4.92. The quantitative estimate of drug-likeness (QED) is 0.814. The van der Waals surface area contributed by atoms with Gasteiger partial charge in [-0.05, 0) is 53.0 Å². The average molecular weight is 317 g/mol. The summed E-state index contributed by atoms with van der Waals surface area (Å²) in [5, 5.41) is 0. The van der Waals surface area contributed by atoms with E-state index in [9.17, 15) is 4.79 Å². The van der Waals surface area contributed by atoms with E-state index in [0.717, 1.165) is 57.8 Å². The number of piperazine rings is 1. The lowest BCUT2D eigenvalue weighted by Gasteiger charge is -2.32. The molecule has 1 amide bonds. The van der Waals surface area contributed by atoms with Crippen molar-refractivity contribution in [3.8, 4) is 0 Å². The van der Waals surface area contributed by atoms with E-state index in [4.69, 9.17) is 0 Å². The first kappa shape index (κ1) is 16.3. The Hall–Kier alpha value is -1.53. The van der Waals surface area contributed by atoms with Crippen LogP contribution in [0.2, 0.25) is 0 Å². The maximum atomic E-state index is 12.8. The fourth-order valence-electron chi connectivity index (χ4n) is 3.39. The van der Waals surface area contributed by atoms with Crippen LogP contribution in [0.4, 0.5) is 0 Å². The van der Waals surface area contributed by atoms with Crippen LogP contribution in [0, 0.1) is 6.92 Å². The van der Waals surface area contributed by atoms with Crippen molar-refractivity contribution in [2.45, 2.75) is 25.7 Å². The Balaban J connectivity index is 1.76. The summed E-state index contributed by atoms with van der Waals surface area (Å²) in [4.78, 5) is 28.3. The highest BCUT2D eigenvalue weighted by atomic mass is 16.2. The minimum atomic E-state index is 0.0535. The maximum absolute atomic E-state index is 12.8. The molecule has 0 radical (unpaired) electrons. The Morgan fingerprint density at radius 2 is 1.61 bits per heavy atom. The Morgan fingerprint density at radius 1 is 1.00 bits per heavy atom. The lowest BCUT2D eigenvalue weighted by Crippen LogP contribution is -2.47. The predicted molar refractivity (Wildman–Crippen MR) is 89.6 cm³/mol. The lowest BCUT2D eigenvalue weighted by atomic mass is 9.93. The molecule has 3 rings (SSSR count). The molecule has 0 atom stereocenters. The number of aryl methyl sites for hydroxylation is 1. The van der Waals surface area contributed by atoms with E-state index in [1.54, 1.807) is 0 Å². The van der Waals surface area contributed by atoms with Crippen LogP contribution in [0.3, 0.4) is 0 Å². The molecule has 2 aliphatic rings. The highest BCUT2D eigenvalue weighted by molar-refractivity contribution is 5.92. The number of likely N-dealkylation sites (tertiary alicyclic amines) is 1. The van der Waals surface area contributed by atoms with E-state index in [0.29, 0.717) is 17.4 Å². The van der Waals surface area contributed by atoms with E-state index in [-0.39, 0.29) is 5.91 Å². The molecule has 0 bridgehead atoms. The predicted octanol–water partition coefficient (Wildman–Crippen LogP) is 0.982. The molecule has 6 nitrogen and oxygen atoms in total. The average Bonchev–Trinajstić information content (AvgIpc) is 2.55. The zero-order valence-electron chi connectivity index (χ0n) is 14.5. The van der Waals surface area contributed by atoms with Gasteiger partial charge < -0.3 is 14.7 Å². The van der Waals surface area contributed by atoms with Gasteiger partial charge in [0, 0.05) is 37.8 Å². The molecule has 0 N–H and O–H groups in total. The second kappa shape index (κ2) is 6.93. The molecule has 0 aliphatic carbocycles. The SMILES string of the molecule is Cc1nc(C(=O)N2CCN(C)CC2)cc(C2CCN(C)CC2)n1. The van der Waals surface area contributed by atoms with Gasteiger partial charge in [-0.25, -0.2) is 9.97 Å². The molecule has 126 valence electrons. The molecule has 3 heterocycles. The number of hydrogen-bond donors (Lipinski definition) is 0. The van der Waals surface area contributed by atoms with E-state index in [2.05, 4.69) is 33.9 Å². The van der Waals surface area contributed by atoms with Crippen molar-refractivity contribution in [1.29, 1.82) is 0 Å². The molecule has 23 heavy (non-hydrogen) atoms. The van der Waals surface area contributed by atoms with E-state index >= 15 is 0 Å². The number of piperidine rings is 1. The van der Waals surface area contributed by atoms with Crippen molar-refractivity contribution in [3.63, 3.8) is 0 Å². The van der Waals surface area contributed by atoms with E-state index < -0.39 is 0 Å². The number of nitrogens with zero attached hydrogens (tertiary/aromatic N) is 5. The van der Waals surface area contributed by atoms with Crippen LogP contribution < -0.4 is 0 Å². The number of likely N-dealkylation sites (N-methyl/N-ethyl adjacent to an activating group) is 1. The van der Waals surface area contributed by atoms with Crippen LogP contribution in [0.5, 0.6) is 0 Å². The third-order valence-electron chi connectivity index (χ3n) is 5.00. The fourth-order valence-corrected chi connectivity index (χ4v) is 3.39. The van der Waals surface area contributed by atoms with Crippen molar-refractivity contribution >= 4 is 5.91 Å². The van der Waals surface area contributed by atoms with Crippen molar-refractivity contribution in [2.24, 2.45) is 0 Å². The Bertz CT molecular complexity index is 560. The summed E-state index contributed by atoms with van der Waals surface area (Å²) in [6.45, 7) is 7.49. The van der Waals surface area contributed by atoms with Gasteiger partial charge in [0.1, 0.15) is 11.5 Å². The second-order valence-electron chi connectivity index (χ2n) is 6.90. The largest absolute Gasteiger partial charge is 0.335 e. The van der Waals surface area contributed by atoms with Gasteiger partial charge in [0.05, 0.1) is 0 Å². The fraction of sp³-hybridized carbons (Fsp3) is 0.706. The Labute approximate surface area is 138 Å². The Morgan fingerprint density at radius 3 is 2.26 bits per heavy atom. The van der Waals surface area contributed by atoms with Gasteiger partial charge >= 0.3 is 0 Å². The van der Waals surface area contributed by atoms with Crippen LogP contribution in [-0.4, -0.2) is 83.9 Å². The molecule has 2 aliphatic heterocycles. The van der Waals surface area contributed by atoms with Crippen LogP contribution in [0.1, 0.15) is 40.8 Å². The van der Waals surface area contributed by atoms with E-state index in [1.807, 2.05) is 17.9 Å². The summed E-state index contributed by atoms with van der Waals surface area (Å²) < 4.78 is 0. The van der Waals surface area contributed by atoms with Crippen molar-refractivity contribution < 1.29 is 4.79 Å². The maximum Gasteiger partial charge on any atom is 0.272 e. The second-order valence-corrected chi connectivity index (χ2v) is 6.90. The molecule has 1 aromatic heterocycles. The lowest BCUT2D eigenvalue weighted by molar-refractivity contribution is 0.0657. The van der Waals surface area contributed by atoms with Gasteiger partial charge in [-0.15, -0.1) is 0 Å². The van der Waals surface area contributed by atoms with Crippen molar-refractivity contribution in [3.05, 3.63) is 23.3 Å². The topological polar surface area (TPSA) is 52.6 Å². The molecule has 0 unspecified atom stereocenters. The normalized spacial score (nSPS) is 21.6. The van der Waals surface area contributed by atoms with Gasteiger partial charge in [0.15, 0.2) is 0 Å². The molecular formula is C17H27N5O. The molecule has 2 fully saturated rings. The molecular weight excluding hydrogens is 290 g/mol. The standard InChI is InChI=1S/C17H27N5O/c1-13-18-15(14-4-6-20(2)7-5-14)12-16(19-13)17(23)22-10-8-21(3)9-11-22/h12,14H,4-11H2,1-3H3. The first-order valence-corrected chi connectivity index (χ1v) is 8.55. The molecule has 0 saturated carbocycles. The summed E-state index contributed by atoms with van der Waals surface area (Å²) in [5.74, 6) is 1.21. The summed E-state index contributed by atoms with van der Waals surface area (Å²) in [5.41, 5.74) is 1.61. The van der Waals surface area contributed by atoms with Crippen LogP contribution in [0.25, 0.3) is 0 Å². The van der Waals surface area contributed by atoms with Gasteiger partial charge in [-0.2, -0.15) is 0 Å². The highest BCUT2D eigenvalue weighted by Crippen LogP contribution is 2.26. The van der Waals surface area contributed by atoms with Crippen molar-refractivity contribution in [2.75, 3.05) is 53.4 Å². The number of amides is 1. The van der Waals surface area contributed by atoms with Crippen molar-refractivity contribution in [1.82, 2.24) is 24.7 Å². The van der Waals surface area contributed by atoms with E-state index in [1.165, 1.54) is 0 Å². The number of hydrogen-bond acceptors (Lipinski definition) is 5. The minimum Gasteiger partial charge on any atom is -0.335 e. The molecule has 2 saturated heterocycles. The van der Waals surface area contributed by atoms with Crippen LogP contribution in [0.15, 0.2) is 6.07 Å². The summed E-state index contributed by atoms with van der Waals surface area (Å²) in [6, 6.07) is 1.93. The first-order valence-electron chi connectivity index (χ1n) is 8.55. The summed E-state index contributed by atoms with van der Waals surface area (Å²) >= 11 is 0. The highest BCUT2D eigenvalue weighted by Gasteiger charge is 2.25. The third-order valence-corrected chi connectivity index (χ3v) is 5.00. The third kappa shape index (κ3) is 3.87. The first-order chi connectivity index (χ1) is 11.0. The number of carbonyl (C=O) groups excluding carboxylic acids is 1. The minimum absolute atomic E-state index is 0.0535. The van der Waals surface area contributed by atoms with Crippen LogP contribution >= 0.6 is 0 Å². The molecule has 6 heteroatoms. The summed E-state index contributed by atoms with van der Waals surface area (Å²) in [6.07, 6.45) is 2.21. The van der Waals surface area contributed by atoms with Crippen LogP contribution in [-0.2, 0) is 0 Å². The molecule has 1 aromatic rings. The molecule has 0 aromatic carbocycles. The van der Waals surface area contributed by atoms with Gasteiger partial charge in [-0.3, -0.25) is 4.79 Å².